The zero-order chi connectivity index (χ0) is 44.8. The van der Waals surface area contributed by atoms with Crippen molar-refractivity contribution in [2.24, 2.45) is 17.3 Å². The molecule has 340 valence electrons. The average molecular weight is 910 g/mol. The quantitative estimate of drug-likeness (QED) is 0.201. The number of carbonyl (C=O) groups is 4. The predicted molar refractivity (Wildman–Crippen MR) is 234 cm³/mol. The van der Waals surface area contributed by atoms with E-state index in [1.54, 1.807) is 7.11 Å². The lowest BCUT2D eigenvalue weighted by molar-refractivity contribution is -0.148. The predicted octanol–water partition coefficient (Wildman–Crippen LogP) is 7.51. The maximum absolute atomic E-state index is 15.0. The molecule has 0 bridgehead atoms. The number of Topliss-reactive ketones (excluding diaryl/α,β-unsaturated/α-hetero) is 1. The summed E-state index contributed by atoms with van der Waals surface area (Å²) in [6.07, 6.45) is 6.78. The number of aryl methyl sites for hydroxylation is 1. The van der Waals surface area contributed by atoms with Crippen LogP contribution in [0.1, 0.15) is 114 Å². The molecule has 2 saturated carbocycles. The number of alkyl halides is 2. The molecule has 1 aromatic carbocycles. The van der Waals surface area contributed by atoms with Gasteiger partial charge in [0, 0.05) is 60.5 Å². The summed E-state index contributed by atoms with van der Waals surface area (Å²) in [6.45, 7) is 5.48. The highest BCUT2D eigenvalue weighted by Gasteiger charge is 2.61. The normalized spacial score (nSPS) is 27.3. The highest BCUT2D eigenvalue weighted by molar-refractivity contribution is 7.90. The number of sulfonamides is 1. The number of fused-ring (bicyclic) bond motifs is 3. The lowest BCUT2D eigenvalue weighted by Gasteiger charge is -2.34. The van der Waals surface area contributed by atoms with Crippen LogP contribution >= 0.6 is 11.3 Å². The number of amides is 3. The highest BCUT2D eigenvalue weighted by Crippen LogP contribution is 2.57. The van der Waals surface area contributed by atoms with Gasteiger partial charge in [-0.2, -0.15) is 0 Å². The molecule has 63 heavy (non-hydrogen) atoms. The second kappa shape index (κ2) is 17.8. The number of thiazole rings is 1. The van der Waals surface area contributed by atoms with Crippen LogP contribution in [0.15, 0.2) is 35.7 Å². The molecule has 5 aliphatic rings. The van der Waals surface area contributed by atoms with E-state index in [4.69, 9.17) is 19.4 Å². The van der Waals surface area contributed by atoms with Crippen molar-refractivity contribution in [1.82, 2.24) is 24.5 Å². The Balaban J connectivity index is 1.14. The van der Waals surface area contributed by atoms with Gasteiger partial charge in [0.25, 0.3) is 5.92 Å². The lowest BCUT2D eigenvalue weighted by atomic mass is 9.90. The number of likely N-dealkylation sites (tertiary alicyclic amines) is 1. The van der Waals surface area contributed by atoms with E-state index in [1.165, 1.54) is 16.2 Å². The van der Waals surface area contributed by atoms with Crippen LogP contribution in [0.5, 0.6) is 11.5 Å². The molecule has 0 unspecified atom stereocenters. The smallest absolute Gasteiger partial charge is 0.265 e. The summed E-state index contributed by atoms with van der Waals surface area (Å²) in [5, 5.41) is 2.73. The highest BCUT2D eigenvalue weighted by atomic mass is 32.2. The molecule has 3 aromatic rings. The van der Waals surface area contributed by atoms with Crippen molar-refractivity contribution in [3.63, 3.8) is 0 Å². The number of hydrogen-bond donors (Lipinski definition) is 1. The number of piperidine rings is 1. The maximum Gasteiger partial charge on any atom is 0.265 e. The van der Waals surface area contributed by atoms with E-state index in [1.807, 2.05) is 42.7 Å². The second-order valence-corrected chi connectivity index (χ2v) is 21.4. The van der Waals surface area contributed by atoms with Crippen molar-refractivity contribution in [1.29, 1.82) is 0 Å². The fourth-order valence-electron chi connectivity index (χ4n) is 9.50. The largest absolute Gasteiger partial charge is 0.496 e. The molecule has 5 heterocycles. The topological polar surface area (TPSA) is 165 Å². The van der Waals surface area contributed by atoms with Crippen LogP contribution in [0.2, 0.25) is 0 Å². The summed E-state index contributed by atoms with van der Waals surface area (Å²) in [6, 6.07) is 4.42. The van der Waals surface area contributed by atoms with E-state index in [-0.39, 0.29) is 63.5 Å². The monoisotopic (exact) mass is 909 g/mol. The van der Waals surface area contributed by atoms with Gasteiger partial charge in [0.15, 0.2) is 5.78 Å². The van der Waals surface area contributed by atoms with Gasteiger partial charge in [-0.05, 0) is 75.8 Å². The Morgan fingerprint density at radius 3 is 2.57 bits per heavy atom. The fraction of sp³-hybridized carbons (Fsp3) is 0.609. The zero-order valence-electron chi connectivity index (χ0n) is 36.4. The molecule has 13 nitrogen and oxygen atoms in total. The van der Waals surface area contributed by atoms with Crippen LogP contribution in [0.4, 0.5) is 8.78 Å². The first kappa shape index (κ1) is 45.1. The Labute approximate surface area is 371 Å². The molecule has 4 fully saturated rings. The fourth-order valence-corrected chi connectivity index (χ4v) is 11.8. The third-order valence-electron chi connectivity index (χ3n) is 13.5. The number of halogens is 2. The zero-order valence-corrected chi connectivity index (χ0v) is 38.0. The van der Waals surface area contributed by atoms with Crippen molar-refractivity contribution in [3.8, 4) is 22.2 Å². The van der Waals surface area contributed by atoms with Crippen LogP contribution in [-0.4, -0.2) is 102 Å². The molecule has 5 atom stereocenters. The van der Waals surface area contributed by atoms with Crippen LogP contribution in [-0.2, 0) is 29.2 Å². The Bertz CT molecular complexity index is 2420. The Morgan fingerprint density at radius 1 is 1.06 bits per heavy atom. The summed E-state index contributed by atoms with van der Waals surface area (Å²) in [4.78, 5) is 69.9. The van der Waals surface area contributed by atoms with E-state index in [0.717, 1.165) is 29.0 Å². The van der Waals surface area contributed by atoms with E-state index in [0.29, 0.717) is 65.2 Å². The standard InChI is InChI=1S/C46H57F2N5O8S2/c1-27(2)35-25-62-42(50-35)34-21-39(33-15-16-38(60-4)28(3)41(33)49-34)61-31-20-36-37(54)23-45(44(57)51-63(58,59)32-13-14-32)22-30(45)12-9-7-5-6-8-11-29(43(56)53(36)24-31)19-40(55)52-18-10-17-46(47,48)26-52/h9,12,15-16,21,25,27,29-32,36H,5-8,10-11,13-14,17-20,22-24,26H2,1-4H3,(H,51,57)/b12-9-/t29-,30-,31-,36+,45-/m1/s1. The molecule has 3 aliphatic heterocycles. The minimum Gasteiger partial charge on any atom is -0.496 e. The van der Waals surface area contributed by atoms with Crippen molar-refractivity contribution >= 4 is 55.8 Å². The van der Waals surface area contributed by atoms with Gasteiger partial charge in [0.2, 0.25) is 27.7 Å². The molecule has 8 rings (SSSR count). The third-order valence-corrected chi connectivity index (χ3v) is 16.2. The summed E-state index contributed by atoms with van der Waals surface area (Å²) in [5.41, 5.74) is 1.60. The minimum atomic E-state index is -3.91. The number of rotatable bonds is 10. The number of hydrogen-bond acceptors (Lipinski definition) is 11. The number of benzene rings is 1. The maximum atomic E-state index is 15.0. The first-order valence-electron chi connectivity index (χ1n) is 22.3. The summed E-state index contributed by atoms with van der Waals surface area (Å²) in [7, 11) is -2.32. The molecule has 17 heteroatoms. The van der Waals surface area contributed by atoms with E-state index in [9.17, 15) is 36.4 Å². The first-order valence-corrected chi connectivity index (χ1v) is 24.7. The summed E-state index contributed by atoms with van der Waals surface area (Å²) >= 11 is 1.46. The molecule has 0 spiro atoms. The molecular weight excluding hydrogens is 853 g/mol. The number of ether oxygens (including phenoxy) is 2. The first-order chi connectivity index (χ1) is 30.0. The number of ketones is 1. The molecule has 0 radical (unpaired) electrons. The molecular formula is C46H57F2N5O8S2. The van der Waals surface area contributed by atoms with Crippen LogP contribution in [0.25, 0.3) is 21.6 Å². The minimum absolute atomic E-state index is 0.0245. The van der Waals surface area contributed by atoms with E-state index in [2.05, 4.69) is 18.6 Å². The second-order valence-electron chi connectivity index (χ2n) is 18.5. The Kier molecular flexibility index (Phi) is 12.7. The van der Waals surface area contributed by atoms with Crippen LogP contribution in [0, 0.1) is 24.2 Å². The number of pyridine rings is 1. The lowest BCUT2D eigenvalue weighted by Crippen LogP contribution is -2.49. The van der Waals surface area contributed by atoms with Gasteiger partial charge in [-0.25, -0.2) is 27.2 Å². The Morgan fingerprint density at radius 2 is 1.86 bits per heavy atom. The van der Waals surface area contributed by atoms with Crippen molar-refractivity contribution < 1.29 is 45.9 Å². The molecule has 3 amide bonds. The van der Waals surface area contributed by atoms with Gasteiger partial charge in [-0.1, -0.05) is 38.8 Å². The van der Waals surface area contributed by atoms with Gasteiger partial charge in [-0.3, -0.25) is 23.9 Å². The van der Waals surface area contributed by atoms with E-state index >= 15 is 0 Å². The van der Waals surface area contributed by atoms with Gasteiger partial charge in [0.1, 0.15) is 28.3 Å². The number of aromatic nitrogens is 2. The van der Waals surface area contributed by atoms with Crippen molar-refractivity contribution in [3.05, 3.63) is 47.0 Å². The third kappa shape index (κ3) is 9.64. The number of allylic oxidation sites excluding steroid dienone is 2. The van der Waals surface area contributed by atoms with Crippen molar-refractivity contribution in [2.45, 2.75) is 133 Å². The van der Waals surface area contributed by atoms with Gasteiger partial charge in [-0.15, -0.1) is 11.3 Å². The molecule has 2 aliphatic carbocycles. The van der Waals surface area contributed by atoms with Gasteiger partial charge < -0.3 is 19.3 Å². The SMILES string of the molecule is COc1ccc2c(O[C@@H]3C[C@H]4C(=O)C[C@]5(C(=O)NS(=O)(=O)C6CC6)C[C@H]5/C=C\CCCCC[C@H](CC(=O)N5CCCC(F)(F)C5)C(=O)N4C3)cc(-c3nc(C(C)C)cs3)nc2c1C. The average Bonchev–Trinajstić information content (AvgIpc) is 4.11. The van der Waals surface area contributed by atoms with E-state index < -0.39 is 74.7 Å². The number of methoxy groups -OCH3 is 1. The molecule has 1 N–H and O–H groups in total. The van der Waals surface area contributed by atoms with Crippen LogP contribution in [0.3, 0.4) is 0 Å². The van der Waals surface area contributed by atoms with Crippen LogP contribution < -0.4 is 14.2 Å². The Hall–Kier alpha value is -4.51. The molecule has 2 saturated heterocycles. The van der Waals surface area contributed by atoms with Crippen molar-refractivity contribution in [2.75, 3.05) is 26.7 Å². The number of nitrogens with one attached hydrogen (secondary N) is 1. The van der Waals surface area contributed by atoms with Gasteiger partial charge >= 0.3 is 0 Å². The summed E-state index contributed by atoms with van der Waals surface area (Å²) in [5.74, 6) is -5.08. The summed E-state index contributed by atoms with van der Waals surface area (Å²) < 4.78 is 69.8. The van der Waals surface area contributed by atoms with Gasteiger partial charge in [0.05, 0.1) is 48.1 Å². The molecule has 2 aromatic heterocycles. The number of carbonyl (C=O) groups excluding carboxylic acids is 4. The number of nitrogens with zero attached hydrogens (tertiary/aromatic N) is 4.